The van der Waals surface area contributed by atoms with Gasteiger partial charge in [0.15, 0.2) is 5.15 Å². The molecule has 0 N–H and O–H groups in total. The van der Waals surface area contributed by atoms with Crippen LogP contribution in [0.15, 0.2) is 66.7 Å². The molecule has 2 nitrogen and oxygen atoms in total. The minimum Gasteiger partial charge on any atom is -0.149 e. The minimum atomic E-state index is 0.507. The second-order valence-electron chi connectivity index (χ2n) is 5.25. The summed E-state index contributed by atoms with van der Waals surface area (Å²) in [6.07, 6.45) is 2.99. The standard InChI is InChI=1S/C19H17ClN2/c20-19-17(13-7-10-15-8-3-1-4-9-15)14-18(21-22-19)16-11-5-2-6-12-16/h1-6,8-9,11-12,14H,7,10,13H2. The number of halogens is 1. The van der Waals surface area contributed by atoms with Crippen molar-refractivity contribution in [2.75, 3.05) is 0 Å². The van der Waals surface area contributed by atoms with Gasteiger partial charge in [-0.25, -0.2) is 0 Å². The molecule has 0 aliphatic heterocycles. The molecule has 3 rings (SSSR count). The minimum absolute atomic E-state index is 0.507. The zero-order valence-corrected chi connectivity index (χ0v) is 13.0. The number of rotatable bonds is 5. The van der Waals surface area contributed by atoms with Crippen molar-refractivity contribution in [3.63, 3.8) is 0 Å². The number of benzene rings is 2. The summed E-state index contributed by atoms with van der Waals surface area (Å²) in [7, 11) is 0. The summed E-state index contributed by atoms with van der Waals surface area (Å²) >= 11 is 6.19. The molecule has 0 spiro atoms. The number of hydrogen-bond acceptors (Lipinski definition) is 2. The van der Waals surface area contributed by atoms with Crippen molar-refractivity contribution in [2.45, 2.75) is 19.3 Å². The number of nitrogens with zero attached hydrogens (tertiary/aromatic N) is 2. The first kappa shape index (κ1) is 14.7. The maximum Gasteiger partial charge on any atom is 0.154 e. The molecule has 110 valence electrons. The predicted octanol–water partition coefficient (Wildman–Crippen LogP) is 4.97. The molecule has 3 heteroatoms. The molecule has 1 heterocycles. The van der Waals surface area contributed by atoms with Gasteiger partial charge in [-0.1, -0.05) is 72.3 Å². The lowest BCUT2D eigenvalue weighted by molar-refractivity contribution is 0.811. The Balaban J connectivity index is 1.71. The Bertz CT molecular complexity index is 727. The van der Waals surface area contributed by atoms with Gasteiger partial charge in [0.2, 0.25) is 0 Å². The summed E-state index contributed by atoms with van der Waals surface area (Å²) in [6, 6.07) is 22.6. The van der Waals surface area contributed by atoms with E-state index in [0.29, 0.717) is 5.15 Å². The molecule has 1 aromatic heterocycles. The van der Waals surface area contributed by atoms with Gasteiger partial charge in [0.25, 0.3) is 0 Å². The van der Waals surface area contributed by atoms with E-state index >= 15 is 0 Å². The van der Waals surface area contributed by atoms with Crippen molar-refractivity contribution in [1.82, 2.24) is 10.2 Å². The van der Waals surface area contributed by atoms with Crippen LogP contribution in [0.1, 0.15) is 17.5 Å². The SMILES string of the molecule is Clc1nnc(-c2ccccc2)cc1CCCc1ccccc1. The van der Waals surface area contributed by atoms with Crippen LogP contribution in [0.25, 0.3) is 11.3 Å². The quantitative estimate of drug-likeness (QED) is 0.665. The van der Waals surface area contributed by atoms with Gasteiger partial charge in [0.05, 0.1) is 5.69 Å². The highest BCUT2D eigenvalue weighted by atomic mass is 35.5. The third-order valence-corrected chi connectivity index (χ3v) is 3.96. The second kappa shape index (κ2) is 7.19. The van der Waals surface area contributed by atoms with Crippen molar-refractivity contribution < 1.29 is 0 Å². The maximum absolute atomic E-state index is 6.19. The molecular formula is C19H17ClN2. The molecule has 3 aromatic rings. The normalized spacial score (nSPS) is 10.6. The fourth-order valence-electron chi connectivity index (χ4n) is 2.47. The largest absolute Gasteiger partial charge is 0.154 e. The van der Waals surface area contributed by atoms with E-state index in [0.717, 1.165) is 36.1 Å². The van der Waals surface area contributed by atoms with Crippen molar-refractivity contribution in [2.24, 2.45) is 0 Å². The van der Waals surface area contributed by atoms with Gasteiger partial charge in [-0.3, -0.25) is 0 Å². The van der Waals surface area contributed by atoms with Crippen molar-refractivity contribution in [3.05, 3.63) is 83.0 Å². The summed E-state index contributed by atoms with van der Waals surface area (Å²) in [5, 5.41) is 8.80. The van der Waals surface area contributed by atoms with Crippen LogP contribution in [-0.2, 0) is 12.8 Å². The van der Waals surface area contributed by atoms with Gasteiger partial charge in [-0.2, -0.15) is 0 Å². The van der Waals surface area contributed by atoms with E-state index in [1.54, 1.807) is 0 Å². The van der Waals surface area contributed by atoms with E-state index in [1.807, 2.05) is 36.4 Å². The first-order valence-corrected chi connectivity index (χ1v) is 7.82. The van der Waals surface area contributed by atoms with Crippen LogP contribution in [0.3, 0.4) is 0 Å². The lowest BCUT2D eigenvalue weighted by atomic mass is 10.0. The van der Waals surface area contributed by atoms with Crippen LogP contribution in [0.2, 0.25) is 5.15 Å². The summed E-state index contributed by atoms with van der Waals surface area (Å²) in [6.45, 7) is 0. The third kappa shape index (κ3) is 3.71. The highest BCUT2D eigenvalue weighted by Gasteiger charge is 2.07. The molecule has 0 radical (unpaired) electrons. The molecule has 2 aromatic carbocycles. The second-order valence-corrected chi connectivity index (χ2v) is 5.61. The van der Waals surface area contributed by atoms with Gasteiger partial charge in [-0.15, -0.1) is 10.2 Å². The molecule has 0 unspecified atom stereocenters. The zero-order valence-electron chi connectivity index (χ0n) is 12.2. The predicted molar refractivity (Wildman–Crippen MR) is 90.9 cm³/mol. The third-order valence-electron chi connectivity index (χ3n) is 3.65. The fourth-order valence-corrected chi connectivity index (χ4v) is 2.66. The van der Waals surface area contributed by atoms with Crippen molar-refractivity contribution >= 4 is 11.6 Å². The lowest BCUT2D eigenvalue weighted by Gasteiger charge is -2.06. The number of hydrogen-bond donors (Lipinski definition) is 0. The molecule has 0 amide bonds. The first-order valence-electron chi connectivity index (χ1n) is 7.44. The molecular weight excluding hydrogens is 292 g/mol. The van der Waals surface area contributed by atoms with Crippen molar-refractivity contribution in [3.8, 4) is 11.3 Å². The maximum atomic E-state index is 6.19. The monoisotopic (exact) mass is 308 g/mol. The Morgan fingerprint density at radius 1 is 0.773 bits per heavy atom. The Labute approximate surface area is 135 Å². The Morgan fingerprint density at radius 3 is 2.18 bits per heavy atom. The van der Waals surface area contributed by atoms with Crippen molar-refractivity contribution in [1.29, 1.82) is 0 Å². The van der Waals surface area contributed by atoms with Crippen LogP contribution < -0.4 is 0 Å². The molecule has 0 saturated carbocycles. The average molecular weight is 309 g/mol. The fraction of sp³-hybridized carbons (Fsp3) is 0.158. The van der Waals surface area contributed by atoms with Crippen LogP contribution in [0.4, 0.5) is 0 Å². The summed E-state index contributed by atoms with van der Waals surface area (Å²) in [4.78, 5) is 0. The van der Waals surface area contributed by atoms with Gasteiger partial charge in [-0.05, 0) is 36.5 Å². The van der Waals surface area contributed by atoms with Crippen LogP contribution in [0, 0.1) is 0 Å². The molecule has 0 atom stereocenters. The molecule has 0 bridgehead atoms. The highest BCUT2D eigenvalue weighted by Crippen LogP contribution is 2.22. The summed E-state index contributed by atoms with van der Waals surface area (Å²) in [5.74, 6) is 0. The molecule has 0 saturated heterocycles. The number of aryl methyl sites for hydroxylation is 2. The van der Waals surface area contributed by atoms with Gasteiger partial charge in [0, 0.05) is 5.56 Å². The topological polar surface area (TPSA) is 25.8 Å². The molecule has 0 aliphatic carbocycles. The molecule has 0 aliphatic rings. The summed E-state index contributed by atoms with van der Waals surface area (Å²) in [5.41, 5.74) is 4.35. The smallest absolute Gasteiger partial charge is 0.149 e. The van der Waals surface area contributed by atoms with E-state index in [1.165, 1.54) is 5.56 Å². The first-order chi connectivity index (χ1) is 10.8. The van der Waals surface area contributed by atoms with E-state index in [-0.39, 0.29) is 0 Å². The van der Waals surface area contributed by atoms with Gasteiger partial charge in [0.1, 0.15) is 0 Å². The van der Waals surface area contributed by atoms with E-state index in [4.69, 9.17) is 11.6 Å². The van der Waals surface area contributed by atoms with Crippen LogP contribution in [0.5, 0.6) is 0 Å². The van der Waals surface area contributed by atoms with Gasteiger partial charge < -0.3 is 0 Å². The summed E-state index contributed by atoms with van der Waals surface area (Å²) < 4.78 is 0. The molecule has 22 heavy (non-hydrogen) atoms. The number of aromatic nitrogens is 2. The van der Waals surface area contributed by atoms with E-state index in [2.05, 4.69) is 40.5 Å². The van der Waals surface area contributed by atoms with E-state index < -0.39 is 0 Å². The van der Waals surface area contributed by atoms with Crippen LogP contribution >= 0.6 is 11.6 Å². The van der Waals surface area contributed by atoms with Crippen LogP contribution in [-0.4, -0.2) is 10.2 Å². The lowest BCUT2D eigenvalue weighted by Crippen LogP contribution is -1.96. The Hall–Kier alpha value is -2.19. The average Bonchev–Trinajstić information content (AvgIpc) is 2.58. The Morgan fingerprint density at radius 2 is 1.45 bits per heavy atom. The molecule has 0 fully saturated rings. The van der Waals surface area contributed by atoms with E-state index in [9.17, 15) is 0 Å². The zero-order chi connectivity index (χ0) is 15.2. The Kier molecular flexibility index (Phi) is 4.81. The highest BCUT2D eigenvalue weighted by molar-refractivity contribution is 6.30. The van der Waals surface area contributed by atoms with Gasteiger partial charge >= 0.3 is 0 Å².